The lowest BCUT2D eigenvalue weighted by atomic mass is 9.87. The van der Waals surface area contributed by atoms with Crippen molar-refractivity contribution in [3.05, 3.63) is 84.1 Å². The molecule has 0 aliphatic carbocycles. The smallest absolute Gasteiger partial charge is 0.310 e. The molecule has 1 fully saturated rings. The summed E-state index contributed by atoms with van der Waals surface area (Å²) < 4.78 is 12.4. The SMILES string of the molecule is C=CCOC(=O)Cc1ccc(C2(NC(=O)c3cc4ccccc4n3C)COC2)cc1. The number of amides is 1. The van der Waals surface area contributed by atoms with Gasteiger partial charge in [-0.05, 0) is 23.3 Å². The Balaban J connectivity index is 1.51. The minimum Gasteiger partial charge on any atom is -0.461 e. The molecular weight excluding hydrogens is 380 g/mol. The van der Waals surface area contributed by atoms with E-state index in [0.29, 0.717) is 18.9 Å². The van der Waals surface area contributed by atoms with Crippen molar-refractivity contribution >= 4 is 22.8 Å². The summed E-state index contributed by atoms with van der Waals surface area (Å²) in [5.41, 5.74) is 2.83. The third-order valence-corrected chi connectivity index (χ3v) is 5.45. The molecule has 6 nitrogen and oxygen atoms in total. The third-order valence-electron chi connectivity index (χ3n) is 5.45. The fraction of sp³-hybridized carbons (Fsp3) is 0.250. The first-order chi connectivity index (χ1) is 14.5. The van der Waals surface area contributed by atoms with Gasteiger partial charge in [-0.2, -0.15) is 0 Å². The Bertz CT molecular complexity index is 1090. The number of hydrogen-bond acceptors (Lipinski definition) is 4. The number of nitrogens with one attached hydrogen (secondary N) is 1. The van der Waals surface area contributed by atoms with Gasteiger partial charge in [-0.15, -0.1) is 0 Å². The minimum absolute atomic E-state index is 0.144. The van der Waals surface area contributed by atoms with Crippen LogP contribution in [-0.4, -0.2) is 36.3 Å². The molecule has 1 amide bonds. The van der Waals surface area contributed by atoms with Gasteiger partial charge in [0.25, 0.3) is 5.91 Å². The zero-order chi connectivity index (χ0) is 21.1. The second-order valence-corrected chi connectivity index (χ2v) is 7.52. The summed E-state index contributed by atoms with van der Waals surface area (Å²) in [7, 11) is 1.89. The van der Waals surface area contributed by atoms with Crippen LogP contribution >= 0.6 is 0 Å². The summed E-state index contributed by atoms with van der Waals surface area (Å²) in [6.45, 7) is 4.55. The Labute approximate surface area is 175 Å². The van der Waals surface area contributed by atoms with E-state index in [1.807, 2.05) is 66.2 Å². The van der Waals surface area contributed by atoms with E-state index in [9.17, 15) is 9.59 Å². The molecule has 3 aromatic rings. The first-order valence-electron chi connectivity index (χ1n) is 9.83. The summed E-state index contributed by atoms with van der Waals surface area (Å²) in [5, 5.41) is 4.19. The van der Waals surface area contributed by atoms with Crippen LogP contribution in [0, 0.1) is 0 Å². The van der Waals surface area contributed by atoms with Crippen molar-refractivity contribution < 1.29 is 19.1 Å². The maximum absolute atomic E-state index is 13.1. The molecule has 2 aromatic carbocycles. The average molecular weight is 404 g/mol. The predicted molar refractivity (Wildman–Crippen MR) is 114 cm³/mol. The van der Waals surface area contributed by atoms with E-state index in [1.165, 1.54) is 0 Å². The van der Waals surface area contributed by atoms with Crippen LogP contribution in [0.4, 0.5) is 0 Å². The number of benzene rings is 2. The summed E-state index contributed by atoms with van der Waals surface area (Å²) in [4.78, 5) is 24.9. The van der Waals surface area contributed by atoms with Crippen LogP contribution in [-0.2, 0) is 33.3 Å². The molecule has 2 heterocycles. The van der Waals surface area contributed by atoms with Gasteiger partial charge in [-0.1, -0.05) is 55.1 Å². The standard InChI is InChI=1S/C24H24N2O4/c1-3-12-30-22(27)13-17-8-10-19(11-9-17)24(15-29-16-24)25-23(28)21-14-18-6-4-5-7-20(18)26(21)2/h3-11,14H,1,12-13,15-16H2,2H3,(H,25,28). The normalized spacial score (nSPS) is 14.7. The van der Waals surface area contributed by atoms with E-state index in [0.717, 1.165) is 22.0 Å². The molecule has 6 heteroatoms. The van der Waals surface area contributed by atoms with Gasteiger partial charge in [0.2, 0.25) is 0 Å². The van der Waals surface area contributed by atoms with Crippen molar-refractivity contribution in [2.24, 2.45) is 7.05 Å². The number of nitrogens with zero attached hydrogens (tertiary/aromatic N) is 1. The molecule has 1 saturated heterocycles. The van der Waals surface area contributed by atoms with E-state index in [1.54, 1.807) is 6.08 Å². The number of ether oxygens (including phenoxy) is 2. The highest BCUT2D eigenvalue weighted by Gasteiger charge is 2.42. The van der Waals surface area contributed by atoms with E-state index >= 15 is 0 Å². The largest absolute Gasteiger partial charge is 0.461 e. The number of carbonyl (C=O) groups is 2. The van der Waals surface area contributed by atoms with Gasteiger partial charge in [0.15, 0.2) is 0 Å². The molecule has 1 N–H and O–H groups in total. The quantitative estimate of drug-likeness (QED) is 0.485. The molecule has 30 heavy (non-hydrogen) atoms. The van der Waals surface area contributed by atoms with E-state index in [4.69, 9.17) is 9.47 Å². The Kier molecular flexibility index (Phi) is 5.42. The highest BCUT2D eigenvalue weighted by molar-refractivity contribution is 5.99. The van der Waals surface area contributed by atoms with Gasteiger partial charge in [-0.3, -0.25) is 9.59 Å². The maximum atomic E-state index is 13.1. The van der Waals surface area contributed by atoms with Gasteiger partial charge in [0.1, 0.15) is 17.8 Å². The molecule has 0 atom stereocenters. The molecule has 0 radical (unpaired) electrons. The number of para-hydroxylation sites is 1. The summed E-state index contributed by atoms with van der Waals surface area (Å²) >= 11 is 0. The van der Waals surface area contributed by atoms with Gasteiger partial charge in [0.05, 0.1) is 19.6 Å². The monoisotopic (exact) mass is 404 g/mol. The Hall–Kier alpha value is -3.38. The number of aryl methyl sites for hydroxylation is 1. The Morgan fingerprint density at radius 1 is 1.20 bits per heavy atom. The Morgan fingerprint density at radius 3 is 2.57 bits per heavy atom. The van der Waals surface area contributed by atoms with Gasteiger partial charge in [-0.25, -0.2) is 0 Å². The van der Waals surface area contributed by atoms with Crippen LogP contribution in [0.2, 0.25) is 0 Å². The molecule has 0 bridgehead atoms. The number of aromatic nitrogens is 1. The fourth-order valence-corrected chi connectivity index (χ4v) is 3.72. The highest BCUT2D eigenvalue weighted by atomic mass is 16.5. The van der Waals surface area contributed by atoms with E-state index in [2.05, 4.69) is 11.9 Å². The molecular formula is C24H24N2O4. The molecule has 0 spiro atoms. The summed E-state index contributed by atoms with van der Waals surface area (Å²) in [6.07, 6.45) is 1.74. The van der Waals surface area contributed by atoms with Crippen LogP contribution in [0.25, 0.3) is 10.9 Å². The number of carbonyl (C=O) groups excluding carboxylic acids is 2. The first kappa shape index (κ1) is 19.9. The summed E-state index contributed by atoms with van der Waals surface area (Å²) in [6, 6.07) is 17.4. The lowest BCUT2D eigenvalue weighted by molar-refractivity contribution is -0.141. The highest BCUT2D eigenvalue weighted by Crippen LogP contribution is 2.31. The second-order valence-electron chi connectivity index (χ2n) is 7.52. The number of rotatable bonds is 7. The van der Waals surface area contributed by atoms with Crippen LogP contribution in [0.15, 0.2) is 67.3 Å². The lowest BCUT2D eigenvalue weighted by Gasteiger charge is -2.42. The zero-order valence-electron chi connectivity index (χ0n) is 16.9. The van der Waals surface area contributed by atoms with Crippen LogP contribution in [0.1, 0.15) is 21.6 Å². The number of fused-ring (bicyclic) bond motifs is 1. The first-order valence-corrected chi connectivity index (χ1v) is 9.83. The number of hydrogen-bond donors (Lipinski definition) is 1. The summed E-state index contributed by atoms with van der Waals surface area (Å²) in [5.74, 6) is -0.442. The molecule has 154 valence electrons. The van der Waals surface area contributed by atoms with Crippen molar-refractivity contribution in [1.82, 2.24) is 9.88 Å². The predicted octanol–water partition coefficient (Wildman–Crippen LogP) is 3.11. The van der Waals surface area contributed by atoms with Crippen LogP contribution in [0.5, 0.6) is 0 Å². The van der Waals surface area contributed by atoms with E-state index < -0.39 is 5.54 Å². The third kappa shape index (κ3) is 3.74. The van der Waals surface area contributed by atoms with Gasteiger partial charge < -0.3 is 19.4 Å². The molecule has 0 unspecified atom stereocenters. The Morgan fingerprint density at radius 2 is 1.93 bits per heavy atom. The second kappa shape index (κ2) is 8.16. The minimum atomic E-state index is -0.574. The maximum Gasteiger partial charge on any atom is 0.310 e. The van der Waals surface area contributed by atoms with Crippen molar-refractivity contribution in [1.29, 1.82) is 0 Å². The average Bonchev–Trinajstić information content (AvgIpc) is 3.07. The molecule has 1 aliphatic rings. The topological polar surface area (TPSA) is 69.6 Å². The van der Waals surface area contributed by atoms with Gasteiger partial charge >= 0.3 is 5.97 Å². The van der Waals surface area contributed by atoms with Crippen molar-refractivity contribution in [3.63, 3.8) is 0 Å². The number of esters is 1. The van der Waals surface area contributed by atoms with Gasteiger partial charge in [0, 0.05) is 18.0 Å². The van der Waals surface area contributed by atoms with Crippen LogP contribution in [0.3, 0.4) is 0 Å². The lowest BCUT2D eigenvalue weighted by Crippen LogP contribution is -2.59. The van der Waals surface area contributed by atoms with Crippen molar-refractivity contribution in [3.8, 4) is 0 Å². The van der Waals surface area contributed by atoms with Crippen molar-refractivity contribution in [2.75, 3.05) is 19.8 Å². The fourth-order valence-electron chi connectivity index (χ4n) is 3.72. The molecule has 0 saturated carbocycles. The molecule has 4 rings (SSSR count). The van der Waals surface area contributed by atoms with Crippen LogP contribution < -0.4 is 5.32 Å². The zero-order valence-corrected chi connectivity index (χ0v) is 16.9. The van der Waals surface area contributed by atoms with E-state index in [-0.39, 0.29) is 24.9 Å². The van der Waals surface area contributed by atoms with Crippen molar-refractivity contribution in [2.45, 2.75) is 12.0 Å². The molecule has 1 aromatic heterocycles. The molecule has 1 aliphatic heterocycles.